The van der Waals surface area contributed by atoms with E-state index in [1.165, 1.54) is 0 Å². The number of carbonyl (C=O) groups excluding carboxylic acids is 2. The summed E-state index contributed by atoms with van der Waals surface area (Å²) >= 11 is 0. The molecule has 0 saturated carbocycles. The van der Waals surface area contributed by atoms with Crippen molar-refractivity contribution in [3.05, 3.63) is 130 Å². The third-order valence-electron chi connectivity index (χ3n) is 7.18. The molecule has 4 aromatic rings. The molecule has 4 aliphatic rings. The molecule has 4 heteroatoms. The summed E-state index contributed by atoms with van der Waals surface area (Å²) in [6.07, 6.45) is 1.69. The highest BCUT2D eigenvalue weighted by molar-refractivity contribution is 6.57. The molecule has 0 aliphatic heterocycles. The molecular formula is C29H17NO3. The number of nitrogens with zero attached hydrogens (tertiary/aromatic N) is 1. The van der Waals surface area contributed by atoms with Crippen molar-refractivity contribution in [2.75, 3.05) is 0 Å². The lowest BCUT2D eigenvalue weighted by Gasteiger charge is -2.45. The molecule has 0 N–H and O–H groups in total. The van der Waals surface area contributed by atoms with Gasteiger partial charge in [0.15, 0.2) is 6.20 Å². The van der Waals surface area contributed by atoms with Crippen LogP contribution in [0.25, 0.3) is 16.6 Å². The van der Waals surface area contributed by atoms with Gasteiger partial charge >= 0.3 is 0 Å². The maximum Gasteiger partial charge on any atom is 0.296 e. The van der Waals surface area contributed by atoms with Gasteiger partial charge in [0.05, 0.1) is 0 Å². The van der Waals surface area contributed by atoms with Gasteiger partial charge < -0.3 is 5.11 Å². The van der Waals surface area contributed by atoms with Crippen molar-refractivity contribution in [2.45, 2.75) is 11.8 Å². The van der Waals surface area contributed by atoms with Crippen LogP contribution in [0.3, 0.4) is 0 Å². The molecule has 0 radical (unpaired) electrons. The van der Waals surface area contributed by atoms with Crippen LogP contribution in [-0.4, -0.2) is 11.6 Å². The van der Waals surface area contributed by atoms with Gasteiger partial charge in [-0.1, -0.05) is 60.7 Å². The van der Waals surface area contributed by atoms with Gasteiger partial charge in [-0.05, 0) is 45.7 Å². The first kappa shape index (κ1) is 18.3. The molecule has 0 atom stereocenters. The van der Waals surface area contributed by atoms with E-state index in [1.807, 2.05) is 78.9 Å². The van der Waals surface area contributed by atoms with Crippen LogP contribution in [0.2, 0.25) is 0 Å². The van der Waals surface area contributed by atoms with Gasteiger partial charge in [0.25, 0.3) is 11.5 Å². The smallest absolute Gasteiger partial charge is 0.296 e. The molecule has 0 amide bonds. The number of aromatic nitrogens is 1. The Hall–Kier alpha value is -4.31. The number of fused-ring (bicyclic) bond motifs is 1. The zero-order valence-corrected chi connectivity index (χ0v) is 17.5. The molecule has 0 saturated heterocycles. The van der Waals surface area contributed by atoms with Crippen molar-refractivity contribution < 1.29 is 19.3 Å². The average Bonchev–Trinajstić information content (AvgIpc) is 2.87. The van der Waals surface area contributed by atoms with E-state index in [0.717, 1.165) is 33.2 Å². The second kappa shape index (κ2) is 6.36. The number of pyridine rings is 1. The predicted octanol–water partition coefficient (Wildman–Crippen LogP) is 3.40. The van der Waals surface area contributed by atoms with Crippen LogP contribution >= 0.6 is 0 Å². The summed E-state index contributed by atoms with van der Waals surface area (Å²) in [5.41, 5.74) is 5.54. The first-order chi connectivity index (χ1) is 16.2. The van der Waals surface area contributed by atoms with Gasteiger partial charge in [0.2, 0.25) is 11.3 Å². The highest BCUT2D eigenvalue weighted by atomic mass is 16.3. The number of para-hydroxylation sites is 1. The summed E-state index contributed by atoms with van der Waals surface area (Å²) < 4.78 is 1.59. The first-order valence-electron chi connectivity index (χ1n) is 11.0. The lowest BCUT2D eigenvalue weighted by molar-refractivity contribution is -0.553. The number of rotatable bonds is 1. The second-order valence-electron chi connectivity index (χ2n) is 8.72. The van der Waals surface area contributed by atoms with Gasteiger partial charge in [-0.2, -0.15) is 4.57 Å². The van der Waals surface area contributed by atoms with Gasteiger partial charge in [-0.15, -0.1) is 0 Å². The minimum atomic E-state index is -0.734. The number of hydrogen-bond donors (Lipinski definition) is 0. The number of allylic oxidation sites excluding steroid dienone is 3. The van der Waals surface area contributed by atoms with E-state index in [2.05, 4.69) is 0 Å². The van der Waals surface area contributed by atoms with Crippen LogP contribution in [0.1, 0.15) is 34.1 Å². The molecule has 8 rings (SSSR count). The fourth-order valence-corrected chi connectivity index (χ4v) is 5.88. The monoisotopic (exact) mass is 427 g/mol. The molecule has 1 aromatic heterocycles. The zero-order valence-electron chi connectivity index (χ0n) is 17.5. The summed E-state index contributed by atoms with van der Waals surface area (Å²) in [6, 6.07) is 27.2. The Bertz CT molecular complexity index is 1570. The highest BCUT2D eigenvalue weighted by Crippen LogP contribution is 2.58. The van der Waals surface area contributed by atoms with Crippen molar-refractivity contribution in [3.8, 4) is 0 Å². The fourth-order valence-electron chi connectivity index (χ4n) is 5.88. The third kappa shape index (κ3) is 2.22. The Morgan fingerprint density at radius 3 is 1.76 bits per heavy atom. The number of carbonyl (C=O) groups is 2. The number of benzene rings is 3. The Morgan fingerprint density at radius 1 is 0.606 bits per heavy atom. The average molecular weight is 427 g/mol. The van der Waals surface area contributed by atoms with Crippen LogP contribution in [0.5, 0.6) is 0 Å². The summed E-state index contributed by atoms with van der Waals surface area (Å²) in [7, 11) is 0. The molecule has 2 bridgehead atoms. The van der Waals surface area contributed by atoms with Crippen molar-refractivity contribution in [2.24, 2.45) is 0 Å². The molecule has 3 aromatic carbocycles. The standard InChI is InChI=1S/C29H17NO3/c31-27-24-22-17-10-2-4-12-19(17)23(20-13-5-3-11-18(20)22)25(24)28(32)29(33)26(27)30-15-7-9-16-8-1-6-14-21(16)30/h1-15,22-23H. The van der Waals surface area contributed by atoms with Crippen molar-refractivity contribution in [1.29, 1.82) is 0 Å². The lowest BCUT2D eigenvalue weighted by Crippen LogP contribution is -2.48. The quantitative estimate of drug-likeness (QED) is 0.266. The second-order valence-corrected chi connectivity index (χ2v) is 8.72. The van der Waals surface area contributed by atoms with E-state index in [1.54, 1.807) is 16.8 Å². The molecule has 4 aliphatic carbocycles. The molecule has 156 valence electrons. The van der Waals surface area contributed by atoms with E-state index < -0.39 is 17.5 Å². The summed E-state index contributed by atoms with van der Waals surface area (Å²) in [6.45, 7) is 0. The molecule has 1 heterocycles. The van der Waals surface area contributed by atoms with E-state index in [4.69, 9.17) is 0 Å². The minimum Gasteiger partial charge on any atom is -0.868 e. The first-order valence-corrected chi connectivity index (χ1v) is 11.0. The van der Waals surface area contributed by atoms with Crippen molar-refractivity contribution in [1.82, 2.24) is 0 Å². The molecule has 4 nitrogen and oxygen atoms in total. The van der Waals surface area contributed by atoms with E-state index in [-0.39, 0.29) is 17.4 Å². The predicted molar refractivity (Wildman–Crippen MR) is 121 cm³/mol. The topological polar surface area (TPSA) is 61.1 Å². The van der Waals surface area contributed by atoms with Gasteiger partial charge in [0.1, 0.15) is 0 Å². The number of hydrogen-bond acceptors (Lipinski definition) is 3. The molecule has 0 spiro atoms. The molecule has 33 heavy (non-hydrogen) atoms. The molecule has 0 fully saturated rings. The number of Topliss-reactive ketones (excluding diaryl/α,β-unsaturated/α-hetero) is 2. The third-order valence-corrected chi connectivity index (χ3v) is 7.18. The zero-order chi connectivity index (χ0) is 22.3. The summed E-state index contributed by atoms with van der Waals surface area (Å²) in [4.78, 5) is 27.1. The SMILES string of the molecule is O=C1C(=O)C([n+]2cccc3ccccc32)=C([O-])C2=C1C1c3ccccc3C2c2ccccc21. The maximum atomic E-state index is 14.1. The highest BCUT2D eigenvalue weighted by Gasteiger charge is 2.50. The van der Waals surface area contributed by atoms with Crippen LogP contribution in [0.15, 0.2) is 108 Å². The minimum absolute atomic E-state index is 0.0851. The normalized spacial score (nSPS) is 20.7. The maximum absolute atomic E-state index is 14.1. The van der Waals surface area contributed by atoms with E-state index in [0.29, 0.717) is 11.1 Å². The van der Waals surface area contributed by atoms with Crippen molar-refractivity contribution in [3.63, 3.8) is 0 Å². The largest absolute Gasteiger partial charge is 0.868 e. The van der Waals surface area contributed by atoms with Crippen molar-refractivity contribution >= 4 is 28.2 Å². The summed E-state index contributed by atoms with van der Waals surface area (Å²) in [5, 5.41) is 15.0. The number of ketones is 2. The molecular weight excluding hydrogens is 410 g/mol. The lowest BCUT2D eigenvalue weighted by atomic mass is 9.58. The Morgan fingerprint density at radius 2 is 1.12 bits per heavy atom. The van der Waals surface area contributed by atoms with Gasteiger partial charge in [-0.25, -0.2) is 0 Å². The van der Waals surface area contributed by atoms with E-state index in [9.17, 15) is 14.7 Å². The summed E-state index contributed by atoms with van der Waals surface area (Å²) in [5.74, 6) is -2.40. The van der Waals surface area contributed by atoms with Crippen LogP contribution in [0, 0.1) is 0 Å². The van der Waals surface area contributed by atoms with Gasteiger partial charge in [-0.3, -0.25) is 9.59 Å². The van der Waals surface area contributed by atoms with Gasteiger partial charge in [0, 0.05) is 34.9 Å². The molecule has 0 unspecified atom stereocenters. The Labute approximate surface area is 189 Å². The Kier molecular flexibility index (Phi) is 3.52. The van der Waals surface area contributed by atoms with E-state index >= 15 is 0 Å². The fraction of sp³-hybridized carbons (Fsp3) is 0.0690. The van der Waals surface area contributed by atoms with Crippen LogP contribution in [0.4, 0.5) is 0 Å². The van der Waals surface area contributed by atoms with Crippen LogP contribution < -0.4 is 9.67 Å². The Balaban J connectivity index is 1.57. The van der Waals surface area contributed by atoms with Crippen LogP contribution in [-0.2, 0) is 9.59 Å².